The molecule has 1 aromatic carbocycles. The predicted octanol–water partition coefficient (Wildman–Crippen LogP) is 3.89. The number of carbonyl (C=O) groups excluding carboxylic acids is 1. The summed E-state index contributed by atoms with van der Waals surface area (Å²) < 4.78 is 0. The molecule has 1 heterocycles. The van der Waals surface area contributed by atoms with Crippen LogP contribution in [0.4, 0.5) is 0 Å². The SMILES string of the molecule is CCC1CCN(C(=O)c2cc(S)ccc2Cl)CC1. The van der Waals surface area contributed by atoms with Gasteiger partial charge < -0.3 is 4.90 Å². The number of hydrogen-bond acceptors (Lipinski definition) is 2. The Balaban J connectivity index is 2.10. The van der Waals surface area contributed by atoms with Gasteiger partial charge in [-0.05, 0) is 37.0 Å². The third-order valence-electron chi connectivity index (χ3n) is 3.66. The number of piperidine rings is 1. The molecule has 1 aliphatic rings. The highest BCUT2D eigenvalue weighted by atomic mass is 35.5. The number of benzene rings is 1. The van der Waals surface area contributed by atoms with Gasteiger partial charge in [-0.2, -0.15) is 0 Å². The first-order chi connectivity index (χ1) is 8.61. The van der Waals surface area contributed by atoms with Crippen LogP contribution < -0.4 is 0 Å². The second-order valence-electron chi connectivity index (χ2n) is 4.81. The van der Waals surface area contributed by atoms with E-state index < -0.39 is 0 Å². The van der Waals surface area contributed by atoms with E-state index in [4.69, 9.17) is 11.6 Å². The van der Waals surface area contributed by atoms with Gasteiger partial charge in [0.25, 0.3) is 5.91 Å². The van der Waals surface area contributed by atoms with E-state index in [-0.39, 0.29) is 5.91 Å². The average molecular weight is 284 g/mol. The van der Waals surface area contributed by atoms with E-state index in [2.05, 4.69) is 19.6 Å². The van der Waals surface area contributed by atoms with Crippen LogP contribution in [0, 0.1) is 5.92 Å². The first-order valence-corrected chi connectivity index (χ1v) is 7.22. The Morgan fingerprint density at radius 2 is 2.11 bits per heavy atom. The molecule has 2 rings (SSSR count). The first kappa shape index (κ1) is 13.8. The Kier molecular flexibility index (Phi) is 4.57. The maximum Gasteiger partial charge on any atom is 0.255 e. The molecule has 1 amide bonds. The lowest BCUT2D eigenvalue weighted by atomic mass is 9.94. The molecule has 1 aliphatic heterocycles. The van der Waals surface area contributed by atoms with Crippen molar-refractivity contribution in [2.45, 2.75) is 31.1 Å². The zero-order valence-corrected chi connectivity index (χ0v) is 12.2. The van der Waals surface area contributed by atoms with E-state index in [9.17, 15) is 4.79 Å². The van der Waals surface area contributed by atoms with Gasteiger partial charge in [0.15, 0.2) is 0 Å². The van der Waals surface area contributed by atoms with Crippen LogP contribution in [0.25, 0.3) is 0 Å². The van der Waals surface area contributed by atoms with Gasteiger partial charge in [-0.1, -0.05) is 24.9 Å². The number of halogens is 1. The van der Waals surface area contributed by atoms with Crippen molar-refractivity contribution in [3.63, 3.8) is 0 Å². The smallest absolute Gasteiger partial charge is 0.255 e. The van der Waals surface area contributed by atoms with Gasteiger partial charge in [-0.15, -0.1) is 12.6 Å². The molecular formula is C14H18ClNOS. The average Bonchev–Trinajstić information content (AvgIpc) is 2.41. The Labute approximate surface area is 119 Å². The number of rotatable bonds is 2. The van der Waals surface area contributed by atoms with Gasteiger partial charge in [0.1, 0.15) is 0 Å². The summed E-state index contributed by atoms with van der Waals surface area (Å²) in [6, 6.07) is 5.28. The van der Waals surface area contributed by atoms with Gasteiger partial charge in [0.2, 0.25) is 0 Å². The normalized spacial score (nSPS) is 16.9. The number of amides is 1. The zero-order chi connectivity index (χ0) is 13.1. The fourth-order valence-corrected chi connectivity index (χ4v) is 2.79. The maximum atomic E-state index is 12.4. The lowest BCUT2D eigenvalue weighted by Crippen LogP contribution is -2.38. The van der Waals surface area contributed by atoms with Crippen molar-refractivity contribution in [2.24, 2.45) is 5.92 Å². The summed E-state index contributed by atoms with van der Waals surface area (Å²) >= 11 is 10.3. The Bertz CT molecular complexity index is 441. The predicted molar refractivity (Wildman–Crippen MR) is 77.6 cm³/mol. The largest absolute Gasteiger partial charge is 0.339 e. The van der Waals surface area contributed by atoms with Crippen molar-refractivity contribution in [2.75, 3.05) is 13.1 Å². The van der Waals surface area contributed by atoms with Crippen molar-refractivity contribution in [3.8, 4) is 0 Å². The highest BCUT2D eigenvalue weighted by Gasteiger charge is 2.24. The van der Waals surface area contributed by atoms with Gasteiger partial charge in [0, 0.05) is 18.0 Å². The number of nitrogens with zero attached hydrogens (tertiary/aromatic N) is 1. The van der Waals surface area contributed by atoms with Crippen LogP contribution in [-0.2, 0) is 0 Å². The maximum absolute atomic E-state index is 12.4. The van der Waals surface area contributed by atoms with E-state index in [1.54, 1.807) is 18.2 Å². The standard InChI is InChI=1S/C14H18ClNOS/c1-2-10-5-7-16(8-6-10)14(17)12-9-11(18)3-4-13(12)15/h3-4,9-10,18H,2,5-8H2,1H3. The quantitative estimate of drug-likeness (QED) is 0.817. The van der Waals surface area contributed by atoms with Crippen LogP contribution in [0.2, 0.25) is 5.02 Å². The summed E-state index contributed by atoms with van der Waals surface area (Å²) in [6.45, 7) is 3.89. The van der Waals surface area contributed by atoms with E-state index >= 15 is 0 Å². The summed E-state index contributed by atoms with van der Waals surface area (Å²) in [5, 5.41) is 0.510. The molecule has 0 radical (unpaired) electrons. The number of hydrogen-bond donors (Lipinski definition) is 1. The van der Waals surface area contributed by atoms with Gasteiger partial charge >= 0.3 is 0 Å². The van der Waals surface area contributed by atoms with Crippen LogP contribution in [0.5, 0.6) is 0 Å². The van der Waals surface area contributed by atoms with Crippen LogP contribution in [0.1, 0.15) is 36.5 Å². The van der Waals surface area contributed by atoms with E-state index in [0.29, 0.717) is 10.6 Å². The molecule has 0 N–H and O–H groups in total. The number of likely N-dealkylation sites (tertiary alicyclic amines) is 1. The molecule has 98 valence electrons. The molecule has 0 aromatic heterocycles. The van der Waals surface area contributed by atoms with Gasteiger partial charge in [0.05, 0.1) is 10.6 Å². The minimum atomic E-state index is 0.0328. The second-order valence-corrected chi connectivity index (χ2v) is 5.73. The lowest BCUT2D eigenvalue weighted by molar-refractivity contribution is 0.0688. The molecule has 1 saturated heterocycles. The van der Waals surface area contributed by atoms with Gasteiger partial charge in [-0.25, -0.2) is 0 Å². The third-order valence-corrected chi connectivity index (χ3v) is 4.27. The van der Waals surface area contributed by atoms with E-state index in [0.717, 1.165) is 36.7 Å². The van der Waals surface area contributed by atoms with Crippen LogP contribution >= 0.6 is 24.2 Å². The summed E-state index contributed by atoms with van der Waals surface area (Å²) in [4.78, 5) is 15.0. The van der Waals surface area contributed by atoms with E-state index in [1.165, 1.54) is 6.42 Å². The van der Waals surface area contributed by atoms with E-state index in [1.807, 2.05) is 4.90 Å². The molecule has 0 saturated carbocycles. The molecule has 1 aromatic rings. The Hall–Kier alpha value is -0.670. The lowest BCUT2D eigenvalue weighted by Gasteiger charge is -2.31. The zero-order valence-electron chi connectivity index (χ0n) is 10.5. The molecule has 4 heteroatoms. The molecule has 0 spiro atoms. The van der Waals surface area contributed by atoms with Crippen LogP contribution in [0.15, 0.2) is 23.1 Å². The Morgan fingerprint density at radius 1 is 1.44 bits per heavy atom. The monoisotopic (exact) mass is 283 g/mol. The number of carbonyl (C=O) groups is 1. The van der Waals surface area contributed by atoms with Gasteiger partial charge in [-0.3, -0.25) is 4.79 Å². The Morgan fingerprint density at radius 3 is 2.72 bits per heavy atom. The fourth-order valence-electron chi connectivity index (χ4n) is 2.39. The van der Waals surface area contributed by atoms with Crippen molar-refractivity contribution < 1.29 is 4.79 Å². The minimum absolute atomic E-state index is 0.0328. The molecule has 0 aliphatic carbocycles. The van der Waals surface area contributed by atoms with Crippen molar-refractivity contribution in [3.05, 3.63) is 28.8 Å². The summed E-state index contributed by atoms with van der Waals surface area (Å²) in [5.41, 5.74) is 0.569. The summed E-state index contributed by atoms with van der Waals surface area (Å²) in [6.07, 6.45) is 3.40. The molecule has 1 fully saturated rings. The van der Waals surface area contributed by atoms with Crippen molar-refractivity contribution in [1.29, 1.82) is 0 Å². The third kappa shape index (κ3) is 3.01. The summed E-state index contributed by atoms with van der Waals surface area (Å²) in [5.74, 6) is 0.797. The first-order valence-electron chi connectivity index (χ1n) is 6.39. The topological polar surface area (TPSA) is 20.3 Å². The van der Waals surface area contributed by atoms with Crippen molar-refractivity contribution in [1.82, 2.24) is 4.90 Å². The fraction of sp³-hybridized carbons (Fsp3) is 0.500. The molecule has 2 nitrogen and oxygen atoms in total. The second kappa shape index (κ2) is 5.98. The number of thiol groups is 1. The summed E-state index contributed by atoms with van der Waals surface area (Å²) in [7, 11) is 0. The molecular weight excluding hydrogens is 266 g/mol. The van der Waals surface area contributed by atoms with Crippen LogP contribution in [-0.4, -0.2) is 23.9 Å². The highest BCUT2D eigenvalue weighted by Crippen LogP contribution is 2.25. The molecule has 0 atom stereocenters. The van der Waals surface area contributed by atoms with Crippen molar-refractivity contribution >= 4 is 30.1 Å². The van der Waals surface area contributed by atoms with Crippen LogP contribution in [0.3, 0.4) is 0 Å². The molecule has 0 unspecified atom stereocenters. The minimum Gasteiger partial charge on any atom is -0.339 e. The molecule has 0 bridgehead atoms. The molecule has 18 heavy (non-hydrogen) atoms. The highest BCUT2D eigenvalue weighted by molar-refractivity contribution is 7.80.